The monoisotopic (exact) mass is 278 g/mol. The van der Waals surface area contributed by atoms with Crippen molar-refractivity contribution in [2.24, 2.45) is 0 Å². The summed E-state index contributed by atoms with van der Waals surface area (Å²) in [7, 11) is 3.86. The molecule has 0 aliphatic rings. The number of benzene rings is 1. The molecule has 0 heterocycles. The van der Waals surface area contributed by atoms with Gasteiger partial charge < -0.3 is 15.0 Å². The molecule has 0 unspecified atom stereocenters. The normalized spacial score (nSPS) is 10.8. The minimum Gasteiger partial charge on any atom is -0.497 e. The van der Waals surface area contributed by atoms with E-state index in [-0.39, 0.29) is 0 Å². The highest BCUT2D eigenvalue weighted by atomic mass is 16.5. The quantitative estimate of drug-likeness (QED) is 0.661. The second kappa shape index (κ2) is 9.65. The highest BCUT2D eigenvalue weighted by Gasteiger charge is 2.02. The first-order valence-corrected chi connectivity index (χ1v) is 7.72. The van der Waals surface area contributed by atoms with Gasteiger partial charge in [0.15, 0.2) is 0 Å². The molecule has 114 valence electrons. The van der Waals surface area contributed by atoms with E-state index >= 15 is 0 Å². The Balaban J connectivity index is 2.15. The van der Waals surface area contributed by atoms with E-state index in [1.807, 2.05) is 12.1 Å². The van der Waals surface area contributed by atoms with Crippen LogP contribution in [0, 0.1) is 0 Å². The molecule has 3 heteroatoms. The van der Waals surface area contributed by atoms with Crippen molar-refractivity contribution < 1.29 is 4.74 Å². The van der Waals surface area contributed by atoms with Crippen molar-refractivity contribution in [1.82, 2.24) is 5.32 Å². The lowest BCUT2D eigenvalue weighted by Crippen LogP contribution is -2.23. The second-order valence-corrected chi connectivity index (χ2v) is 5.65. The van der Waals surface area contributed by atoms with Gasteiger partial charge in [0.1, 0.15) is 5.75 Å². The average Bonchev–Trinajstić information content (AvgIpc) is 2.45. The van der Waals surface area contributed by atoms with Gasteiger partial charge in [-0.2, -0.15) is 0 Å². The zero-order chi connectivity index (χ0) is 14.8. The molecule has 0 radical (unpaired) electrons. The number of methoxy groups -OCH3 is 1. The van der Waals surface area contributed by atoms with Crippen LogP contribution in [0.15, 0.2) is 24.3 Å². The molecule has 0 saturated carbocycles. The first-order valence-electron chi connectivity index (χ1n) is 7.72. The Hall–Kier alpha value is -1.22. The first kappa shape index (κ1) is 16.8. The molecule has 0 aliphatic heterocycles. The molecule has 0 spiro atoms. The molecule has 0 saturated heterocycles. The molecular weight excluding hydrogens is 248 g/mol. The third-order valence-corrected chi connectivity index (χ3v) is 3.47. The van der Waals surface area contributed by atoms with Gasteiger partial charge in [-0.25, -0.2) is 0 Å². The summed E-state index contributed by atoms with van der Waals surface area (Å²) in [5.74, 6) is 0.925. The Morgan fingerprint density at radius 1 is 1.15 bits per heavy atom. The summed E-state index contributed by atoms with van der Waals surface area (Å²) in [6.07, 6.45) is 5.14. The molecule has 1 rings (SSSR count). The van der Waals surface area contributed by atoms with Crippen molar-refractivity contribution in [2.75, 3.05) is 32.1 Å². The van der Waals surface area contributed by atoms with Crippen LogP contribution >= 0.6 is 0 Å². The zero-order valence-electron chi connectivity index (χ0n) is 13.5. The summed E-state index contributed by atoms with van der Waals surface area (Å²) < 4.78 is 5.26. The maximum absolute atomic E-state index is 5.26. The molecule has 1 aromatic rings. The summed E-state index contributed by atoms with van der Waals surface area (Å²) in [4.78, 5) is 2.30. The maximum atomic E-state index is 5.26. The molecule has 1 N–H and O–H groups in total. The number of unbranched alkanes of at least 4 members (excludes halogenated alkanes) is 3. The zero-order valence-corrected chi connectivity index (χ0v) is 13.5. The van der Waals surface area contributed by atoms with Crippen molar-refractivity contribution in [3.63, 3.8) is 0 Å². The summed E-state index contributed by atoms with van der Waals surface area (Å²) >= 11 is 0. The van der Waals surface area contributed by atoms with Gasteiger partial charge in [0.25, 0.3) is 0 Å². The van der Waals surface area contributed by atoms with Gasteiger partial charge in [-0.15, -0.1) is 0 Å². The van der Waals surface area contributed by atoms with Crippen LogP contribution in [-0.2, 0) is 0 Å². The Morgan fingerprint density at radius 2 is 1.90 bits per heavy atom. The fourth-order valence-corrected chi connectivity index (χ4v) is 2.20. The minimum absolute atomic E-state index is 0.606. The standard InChI is InChI=1S/C17H30N2O/c1-15(2)18-12-7-5-6-8-13-19(3)16-10-9-11-17(14-16)20-4/h9-11,14-15,18H,5-8,12-13H2,1-4H3. The van der Waals surface area contributed by atoms with E-state index in [1.165, 1.54) is 31.4 Å². The van der Waals surface area contributed by atoms with Gasteiger partial charge in [-0.1, -0.05) is 32.8 Å². The number of hydrogen-bond donors (Lipinski definition) is 1. The first-order chi connectivity index (χ1) is 9.63. The lowest BCUT2D eigenvalue weighted by atomic mass is 10.1. The number of hydrogen-bond acceptors (Lipinski definition) is 3. The fourth-order valence-electron chi connectivity index (χ4n) is 2.20. The van der Waals surface area contributed by atoms with E-state index in [2.05, 4.69) is 43.2 Å². The number of nitrogens with one attached hydrogen (secondary N) is 1. The van der Waals surface area contributed by atoms with Crippen molar-refractivity contribution in [1.29, 1.82) is 0 Å². The molecule has 1 aromatic carbocycles. The van der Waals surface area contributed by atoms with E-state index in [0.717, 1.165) is 18.8 Å². The SMILES string of the molecule is COc1cccc(N(C)CCCCCCNC(C)C)c1. The van der Waals surface area contributed by atoms with Crippen LogP contribution in [0.4, 0.5) is 5.69 Å². The predicted molar refractivity (Wildman–Crippen MR) is 87.9 cm³/mol. The lowest BCUT2D eigenvalue weighted by Gasteiger charge is -2.19. The van der Waals surface area contributed by atoms with Crippen molar-refractivity contribution in [3.8, 4) is 5.75 Å². The van der Waals surface area contributed by atoms with Crippen LogP contribution in [0.5, 0.6) is 5.75 Å². The van der Waals surface area contributed by atoms with Gasteiger partial charge in [-0.05, 0) is 31.5 Å². The highest BCUT2D eigenvalue weighted by molar-refractivity contribution is 5.49. The largest absolute Gasteiger partial charge is 0.497 e. The minimum atomic E-state index is 0.606. The van der Waals surface area contributed by atoms with E-state index in [9.17, 15) is 0 Å². The Kier molecular flexibility index (Phi) is 8.12. The van der Waals surface area contributed by atoms with Crippen LogP contribution in [0.3, 0.4) is 0 Å². The molecular formula is C17H30N2O. The van der Waals surface area contributed by atoms with Gasteiger partial charge in [0.2, 0.25) is 0 Å². The summed E-state index contributed by atoms with van der Waals surface area (Å²) in [6.45, 7) is 6.64. The summed E-state index contributed by atoms with van der Waals surface area (Å²) in [5, 5.41) is 3.46. The molecule has 0 bridgehead atoms. The van der Waals surface area contributed by atoms with Gasteiger partial charge >= 0.3 is 0 Å². The molecule has 20 heavy (non-hydrogen) atoms. The van der Waals surface area contributed by atoms with E-state index < -0.39 is 0 Å². The van der Waals surface area contributed by atoms with Gasteiger partial charge in [0, 0.05) is 31.4 Å². The van der Waals surface area contributed by atoms with E-state index in [4.69, 9.17) is 4.74 Å². The number of nitrogens with zero attached hydrogens (tertiary/aromatic N) is 1. The molecule has 0 atom stereocenters. The van der Waals surface area contributed by atoms with Crippen LogP contribution < -0.4 is 15.0 Å². The van der Waals surface area contributed by atoms with E-state index in [1.54, 1.807) is 7.11 Å². The maximum Gasteiger partial charge on any atom is 0.120 e. The number of ether oxygens (including phenoxy) is 1. The Labute approximate surface area is 124 Å². The Bertz CT molecular complexity index is 366. The topological polar surface area (TPSA) is 24.5 Å². The number of anilines is 1. The smallest absolute Gasteiger partial charge is 0.120 e. The molecule has 0 aliphatic carbocycles. The van der Waals surface area contributed by atoms with E-state index in [0.29, 0.717) is 6.04 Å². The third-order valence-electron chi connectivity index (χ3n) is 3.47. The highest BCUT2D eigenvalue weighted by Crippen LogP contribution is 2.20. The van der Waals surface area contributed by atoms with Crippen molar-refractivity contribution >= 4 is 5.69 Å². The molecule has 0 aromatic heterocycles. The average molecular weight is 278 g/mol. The molecule has 3 nitrogen and oxygen atoms in total. The summed E-state index contributed by atoms with van der Waals surface area (Å²) in [6, 6.07) is 8.86. The second-order valence-electron chi connectivity index (χ2n) is 5.65. The van der Waals surface area contributed by atoms with Crippen LogP contribution in [0.2, 0.25) is 0 Å². The van der Waals surface area contributed by atoms with Crippen LogP contribution in [0.1, 0.15) is 39.5 Å². The van der Waals surface area contributed by atoms with Crippen LogP contribution in [-0.4, -0.2) is 33.3 Å². The van der Waals surface area contributed by atoms with Crippen molar-refractivity contribution in [2.45, 2.75) is 45.6 Å². The predicted octanol–water partition coefficient (Wildman–Crippen LogP) is 3.69. The summed E-state index contributed by atoms with van der Waals surface area (Å²) in [5.41, 5.74) is 1.23. The molecule has 0 amide bonds. The third kappa shape index (κ3) is 6.80. The fraction of sp³-hybridized carbons (Fsp3) is 0.647. The molecule has 0 fully saturated rings. The van der Waals surface area contributed by atoms with Crippen LogP contribution in [0.25, 0.3) is 0 Å². The lowest BCUT2D eigenvalue weighted by molar-refractivity contribution is 0.415. The number of rotatable bonds is 10. The van der Waals surface area contributed by atoms with Gasteiger partial charge in [0.05, 0.1) is 7.11 Å². The van der Waals surface area contributed by atoms with Gasteiger partial charge in [-0.3, -0.25) is 0 Å². The Morgan fingerprint density at radius 3 is 2.60 bits per heavy atom. The van der Waals surface area contributed by atoms with Crippen molar-refractivity contribution in [3.05, 3.63) is 24.3 Å².